The lowest BCUT2D eigenvalue weighted by Crippen LogP contribution is -2.33. The topological polar surface area (TPSA) is 37.8 Å². The Bertz CT molecular complexity index is 337. The van der Waals surface area contributed by atoms with Gasteiger partial charge >= 0.3 is 6.18 Å². The Morgan fingerprint density at radius 1 is 1.25 bits per heavy atom. The van der Waals surface area contributed by atoms with Gasteiger partial charge in [-0.2, -0.15) is 13.2 Å². The Kier molecular flexibility index (Phi) is 4.01. The minimum atomic E-state index is -4.29. The summed E-state index contributed by atoms with van der Waals surface area (Å²) >= 11 is 0. The molecule has 1 heterocycles. The Labute approximate surface area is 94.8 Å². The monoisotopic (exact) mass is 253 g/mol. The van der Waals surface area contributed by atoms with Crippen molar-refractivity contribution in [3.63, 3.8) is 0 Å². The van der Waals surface area contributed by atoms with Crippen molar-refractivity contribution >= 4 is 16.8 Å². The Morgan fingerprint density at radius 2 is 1.75 bits per heavy atom. The molecule has 0 radical (unpaired) electrons. The lowest BCUT2D eigenvalue weighted by Gasteiger charge is -2.17. The summed E-state index contributed by atoms with van der Waals surface area (Å²) in [5.41, 5.74) is 0. The first kappa shape index (κ1) is 13.1. The normalized spacial score (nSPS) is 14.5. The predicted molar refractivity (Wildman–Crippen MR) is 60.3 cm³/mol. The molecule has 1 unspecified atom stereocenters. The van der Waals surface area contributed by atoms with Crippen LogP contribution in [0.2, 0.25) is 0 Å². The van der Waals surface area contributed by atoms with Crippen molar-refractivity contribution < 1.29 is 13.2 Å². The fraction of sp³-hybridized carbons (Fsp3) is 0.556. The number of alkyl halides is 3. The molecule has 3 nitrogen and oxygen atoms in total. The molecule has 0 amide bonds. The fourth-order valence-corrected chi connectivity index (χ4v) is 1.48. The number of hydrogen-bond donors (Lipinski definition) is 2. The van der Waals surface area contributed by atoms with E-state index in [2.05, 4.69) is 15.3 Å². The van der Waals surface area contributed by atoms with E-state index in [1.807, 2.05) is 12.5 Å². The van der Waals surface area contributed by atoms with Crippen LogP contribution in [0.4, 0.5) is 19.1 Å². The number of hydrogen-bond acceptors (Lipinski definition) is 3. The maximum absolute atomic E-state index is 12.2. The Hall–Kier alpha value is -0.980. The van der Waals surface area contributed by atoms with Crippen LogP contribution >= 0.6 is 10.9 Å². The van der Waals surface area contributed by atoms with E-state index in [9.17, 15) is 13.2 Å². The highest BCUT2D eigenvalue weighted by Crippen LogP contribution is 2.27. The van der Waals surface area contributed by atoms with Gasteiger partial charge in [0.25, 0.3) is 0 Å². The minimum absolute atomic E-state index is 0.00502. The SMILES string of the molecule is CC(Nc1ncc([SH](C)C)cn1)C(F)(F)F. The van der Waals surface area contributed by atoms with Crippen LogP contribution in [0.15, 0.2) is 17.3 Å². The number of nitrogens with one attached hydrogen (secondary N) is 1. The quantitative estimate of drug-likeness (QED) is 0.813. The molecule has 0 spiro atoms. The first-order chi connectivity index (χ1) is 7.30. The molecular weight excluding hydrogens is 239 g/mol. The van der Waals surface area contributed by atoms with E-state index in [4.69, 9.17) is 0 Å². The molecule has 1 aromatic heterocycles. The zero-order valence-electron chi connectivity index (χ0n) is 9.21. The van der Waals surface area contributed by atoms with Crippen LogP contribution in [0.1, 0.15) is 6.92 Å². The van der Waals surface area contributed by atoms with Crippen LogP contribution in [0.5, 0.6) is 0 Å². The van der Waals surface area contributed by atoms with Crippen LogP contribution in [-0.4, -0.2) is 34.7 Å². The number of thiol groups is 1. The van der Waals surface area contributed by atoms with Gasteiger partial charge in [-0.15, -0.1) is 0 Å². The van der Waals surface area contributed by atoms with Gasteiger partial charge in [0.15, 0.2) is 0 Å². The van der Waals surface area contributed by atoms with Gasteiger partial charge in [0.2, 0.25) is 5.95 Å². The van der Waals surface area contributed by atoms with Crippen molar-refractivity contribution in [2.75, 3.05) is 17.8 Å². The molecule has 0 bridgehead atoms. The molecule has 92 valence electrons. The maximum atomic E-state index is 12.2. The molecule has 0 saturated heterocycles. The van der Waals surface area contributed by atoms with Crippen LogP contribution in [0.3, 0.4) is 0 Å². The molecule has 1 atom stereocenters. The van der Waals surface area contributed by atoms with Gasteiger partial charge in [-0.25, -0.2) is 20.9 Å². The standard InChI is InChI=1S/C9H14F3N3S/c1-6(9(10,11)12)15-8-13-4-7(5-14-8)16(2)3/h4-6,16H,1-3H3,(H,13,14,15). The van der Waals surface area contributed by atoms with E-state index in [1.165, 1.54) is 0 Å². The molecule has 1 N–H and O–H groups in total. The van der Waals surface area contributed by atoms with E-state index in [0.29, 0.717) is 0 Å². The van der Waals surface area contributed by atoms with Crippen molar-refractivity contribution in [2.24, 2.45) is 0 Å². The zero-order valence-corrected chi connectivity index (χ0v) is 10.1. The molecule has 16 heavy (non-hydrogen) atoms. The first-order valence-corrected chi connectivity index (χ1v) is 6.87. The van der Waals surface area contributed by atoms with Crippen LogP contribution in [0, 0.1) is 0 Å². The molecule has 1 rings (SSSR count). The maximum Gasteiger partial charge on any atom is 0.408 e. The number of halogens is 3. The van der Waals surface area contributed by atoms with Gasteiger partial charge in [0.1, 0.15) is 6.04 Å². The fourth-order valence-electron chi connectivity index (χ4n) is 0.902. The highest BCUT2D eigenvalue weighted by Gasteiger charge is 2.36. The summed E-state index contributed by atoms with van der Waals surface area (Å²) in [7, 11) is -0.326. The molecule has 0 saturated carbocycles. The highest BCUT2D eigenvalue weighted by molar-refractivity contribution is 8.15. The first-order valence-electron chi connectivity index (χ1n) is 4.63. The second-order valence-corrected chi connectivity index (χ2v) is 5.87. The minimum Gasteiger partial charge on any atom is -0.343 e. The van der Waals surface area contributed by atoms with Crippen molar-refractivity contribution in [3.8, 4) is 0 Å². The molecule has 1 aromatic rings. The van der Waals surface area contributed by atoms with E-state index < -0.39 is 12.2 Å². The van der Waals surface area contributed by atoms with Crippen LogP contribution in [0.25, 0.3) is 0 Å². The van der Waals surface area contributed by atoms with Crippen molar-refractivity contribution in [1.29, 1.82) is 0 Å². The average molecular weight is 253 g/mol. The van der Waals surface area contributed by atoms with E-state index in [-0.39, 0.29) is 16.8 Å². The molecule has 7 heteroatoms. The Morgan fingerprint density at radius 3 is 2.12 bits per heavy atom. The van der Waals surface area contributed by atoms with E-state index >= 15 is 0 Å². The second kappa shape index (κ2) is 4.90. The number of aromatic nitrogens is 2. The van der Waals surface area contributed by atoms with E-state index in [1.54, 1.807) is 12.4 Å². The van der Waals surface area contributed by atoms with Crippen molar-refractivity contribution in [1.82, 2.24) is 9.97 Å². The molecule has 0 aliphatic carbocycles. The largest absolute Gasteiger partial charge is 0.408 e. The summed E-state index contributed by atoms with van der Waals surface area (Å²) in [6.07, 6.45) is 2.89. The number of rotatable bonds is 3. The summed E-state index contributed by atoms with van der Waals surface area (Å²) in [4.78, 5) is 8.65. The molecule has 0 aliphatic rings. The summed E-state index contributed by atoms with van der Waals surface area (Å²) in [5, 5.41) is 2.21. The lowest BCUT2D eigenvalue weighted by atomic mass is 10.3. The van der Waals surface area contributed by atoms with Crippen molar-refractivity contribution in [2.45, 2.75) is 24.0 Å². The summed E-state index contributed by atoms with van der Waals surface area (Å²) in [5.74, 6) is 0.00502. The van der Waals surface area contributed by atoms with Gasteiger partial charge < -0.3 is 5.32 Å². The van der Waals surface area contributed by atoms with Gasteiger partial charge in [-0.1, -0.05) is 0 Å². The van der Waals surface area contributed by atoms with Crippen LogP contribution < -0.4 is 5.32 Å². The molecule has 0 fully saturated rings. The van der Waals surface area contributed by atoms with Crippen molar-refractivity contribution in [3.05, 3.63) is 12.4 Å². The average Bonchev–Trinajstić information content (AvgIpc) is 2.17. The third kappa shape index (κ3) is 3.55. The molecule has 0 aromatic carbocycles. The summed E-state index contributed by atoms with van der Waals surface area (Å²) in [6, 6.07) is -1.65. The number of nitrogens with zero attached hydrogens (tertiary/aromatic N) is 2. The second-order valence-electron chi connectivity index (χ2n) is 3.57. The summed E-state index contributed by atoms with van der Waals surface area (Å²) in [6.45, 7) is 1.03. The molecular formula is C9H14F3N3S. The van der Waals surface area contributed by atoms with Gasteiger partial charge in [-0.05, 0) is 19.4 Å². The number of anilines is 1. The lowest BCUT2D eigenvalue weighted by molar-refractivity contribution is -0.138. The van der Waals surface area contributed by atoms with Gasteiger partial charge in [-0.3, -0.25) is 0 Å². The Balaban J connectivity index is 2.69. The third-order valence-corrected chi connectivity index (χ3v) is 3.25. The predicted octanol–water partition coefficient (Wildman–Crippen LogP) is 2.46. The van der Waals surface area contributed by atoms with E-state index in [0.717, 1.165) is 11.8 Å². The van der Waals surface area contributed by atoms with Crippen LogP contribution in [-0.2, 0) is 0 Å². The zero-order chi connectivity index (χ0) is 12.3. The smallest absolute Gasteiger partial charge is 0.343 e. The third-order valence-electron chi connectivity index (χ3n) is 1.99. The van der Waals surface area contributed by atoms with Gasteiger partial charge in [0, 0.05) is 17.3 Å². The molecule has 0 aliphatic heterocycles. The highest BCUT2D eigenvalue weighted by atomic mass is 32.2. The summed E-state index contributed by atoms with van der Waals surface area (Å²) < 4.78 is 36.7. The van der Waals surface area contributed by atoms with Gasteiger partial charge in [0.05, 0.1) is 0 Å².